The highest BCUT2D eigenvalue weighted by Gasteiger charge is 1.90. The van der Waals surface area contributed by atoms with Crippen molar-refractivity contribution in [2.75, 3.05) is 13.7 Å². The van der Waals surface area contributed by atoms with Gasteiger partial charge in [0.2, 0.25) is 0 Å². The topological polar surface area (TPSA) is 121 Å². The molecule has 0 rings (SSSR count). The highest BCUT2D eigenvalue weighted by molar-refractivity contribution is 5.95. The Labute approximate surface area is 90.7 Å². The molecule has 0 aromatic carbocycles. The Hall–Kier alpha value is -1.01. The number of rotatable bonds is 3. The predicted octanol–water partition coefficient (Wildman–Crippen LogP) is -0.385. The molecule has 0 fully saturated rings. The molecule has 0 bridgehead atoms. The standard InChI is InChI=1S/C6H15N5.CH4O.ClH/c1-2-3-4-10-6(9)11-5(7)8;1-2;/h2-4H2,1H3,(H6,7,8,9,10,11);2H,1H3;1H. The van der Waals surface area contributed by atoms with E-state index in [4.69, 9.17) is 22.0 Å². The average Bonchev–Trinajstić information content (AvgIpc) is 2.07. The van der Waals surface area contributed by atoms with E-state index >= 15 is 0 Å². The number of guanidine groups is 2. The molecule has 0 radical (unpaired) electrons. The molecule has 0 unspecified atom stereocenters. The maximum atomic E-state index is 7.00. The highest BCUT2D eigenvalue weighted by Crippen LogP contribution is 1.85. The molecule has 0 saturated heterocycles. The number of unbranched alkanes of at least 4 members (excludes halogenated alkanes) is 1. The van der Waals surface area contributed by atoms with Crippen molar-refractivity contribution in [2.45, 2.75) is 19.8 Å². The van der Waals surface area contributed by atoms with Gasteiger partial charge in [0.05, 0.1) is 0 Å². The number of aliphatic hydroxyl groups excluding tert-OH is 1. The minimum atomic E-state index is -0.178. The summed E-state index contributed by atoms with van der Waals surface area (Å²) in [7, 11) is 1.00. The SMILES string of the molecule is CCCCN=C(N)NC(=N)N.CO.Cl. The number of halogens is 1. The third kappa shape index (κ3) is 17.2. The summed E-state index contributed by atoms with van der Waals surface area (Å²) in [5.41, 5.74) is 10.3. The van der Waals surface area contributed by atoms with Crippen molar-refractivity contribution in [1.29, 1.82) is 5.41 Å². The summed E-state index contributed by atoms with van der Waals surface area (Å²) in [4.78, 5) is 3.92. The minimum absolute atomic E-state index is 0. The predicted molar refractivity (Wildman–Crippen MR) is 61.8 cm³/mol. The van der Waals surface area contributed by atoms with Crippen molar-refractivity contribution < 1.29 is 5.11 Å². The van der Waals surface area contributed by atoms with Gasteiger partial charge in [0.15, 0.2) is 11.9 Å². The number of aliphatic imine (C=N–C) groups is 1. The van der Waals surface area contributed by atoms with E-state index in [0.717, 1.165) is 20.0 Å². The number of hydrogen-bond donors (Lipinski definition) is 5. The van der Waals surface area contributed by atoms with Crippen molar-refractivity contribution in [2.24, 2.45) is 16.5 Å². The lowest BCUT2D eigenvalue weighted by Gasteiger charge is -2.00. The van der Waals surface area contributed by atoms with Crippen molar-refractivity contribution in [3.05, 3.63) is 0 Å². The Morgan fingerprint density at radius 2 is 1.93 bits per heavy atom. The van der Waals surface area contributed by atoms with Crippen LogP contribution in [0.5, 0.6) is 0 Å². The quantitative estimate of drug-likeness (QED) is 0.255. The number of hydrogen-bond acceptors (Lipinski definition) is 3. The van der Waals surface area contributed by atoms with Gasteiger partial charge < -0.3 is 16.6 Å². The Balaban J connectivity index is -0.000000376. The lowest BCUT2D eigenvalue weighted by Crippen LogP contribution is -2.40. The van der Waals surface area contributed by atoms with Gasteiger partial charge >= 0.3 is 0 Å². The Bertz CT molecular complexity index is 162. The van der Waals surface area contributed by atoms with Gasteiger partial charge in [0, 0.05) is 13.7 Å². The van der Waals surface area contributed by atoms with Crippen LogP contribution in [-0.4, -0.2) is 30.7 Å². The summed E-state index contributed by atoms with van der Waals surface area (Å²) in [6.07, 6.45) is 2.08. The van der Waals surface area contributed by atoms with Crippen LogP contribution in [0.1, 0.15) is 19.8 Å². The second-order valence-electron chi connectivity index (χ2n) is 2.16. The molecule has 0 spiro atoms. The zero-order valence-electron chi connectivity index (χ0n) is 8.58. The third-order valence-electron chi connectivity index (χ3n) is 1.06. The van der Waals surface area contributed by atoms with Crippen molar-refractivity contribution in [3.63, 3.8) is 0 Å². The Kier molecular flexibility index (Phi) is 19.4. The molecule has 0 aromatic heterocycles. The van der Waals surface area contributed by atoms with Gasteiger partial charge in [-0.3, -0.25) is 15.7 Å². The Morgan fingerprint density at radius 1 is 1.43 bits per heavy atom. The van der Waals surface area contributed by atoms with Crippen LogP contribution in [0.4, 0.5) is 0 Å². The molecule has 0 heterocycles. The molecule has 14 heavy (non-hydrogen) atoms. The lowest BCUT2D eigenvalue weighted by atomic mass is 10.3. The van der Waals surface area contributed by atoms with Crippen LogP contribution < -0.4 is 16.8 Å². The van der Waals surface area contributed by atoms with E-state index in [1.54, 1.807) is 0 Å². The van der Waals surface area contributed by atoms with Crippen molar-refractivity contribution >= 4 is 24.3 Å². The normalized spacial score (nSPS) is 9.21. The fourth-order valence-corrected chi connectivity index (χ4v) is 0.535. The van der Waals surface area contributed by atoms with Crippen LogP contribution >= 0.6 is 12.4 Å². The monoisotopic (exact) mass is 225 g/mol. The number of nitrogens with two attached hydrogens (primary N) is 2. The molecule has 0 aliphatic rings. The molecule has 0 aliphatic carbocycles. The van der Waals surface area contributed by atoms with E-state index in [9.17, 15) is 0 Å². The maximum absolute atomic E-state index is 7.00. The second kappa shape index (κ2) is 14.5. The zero-order chi connectivity index (χ0) is 10.7. The van der Waals surface area contributed by atoms with Crippen LogP contribution in [0.3, 0.4) is 0 Å². The van der Waals surface area contributed by atoms with Gasteiger partial charge in [0.1, 0.15) is 0 Å². The summed E-state index contributed by atoms with van der Waals surface area (Å²) in [5.74, 6) is 0.0358. The molecule has 0 amide bonds. The van der Waals surface area contributed by atoms with Gasteiger partial charge in [-0.05, 0) is 6.42 Å². The summed E-state index contributed by atoms with van der Waals surface area (Å²) < 4.78 is 0. The molecule has 0 aromatic rings. The number of nitrogens with zero attached hydrogens (tertiary/aromatic N) is 1. The molecule has 86 valence electrons. The van der Waals surface area contributed by atoms with E-state index in [1.165, 1.54) is 0 Å². The van der Waals surface area contributed by atoms with Crippen LogP contribution in [0.15, 0.2) is 4.99 Å². The molecule has 6 nitrogen and oxygen atoms in total. The van der Waals surface area contributed by atoms with Gasteiger partial charge in [0.25, 0.3) is 0 Å². The summed E-state index contributed by atoms with van der Waals surface area (Å²) in [6, 6.07) is 0. The number of nitrogens with one attached hydrogen (secondary N) is 2. The first-order valence-electron chi connectivity index (χ1n) is 4.02. The first-order chi connectivity index (χ1) is 6.16. The van der Waals surface area contributed by atoms with Crippen molar-refractivity contribution in [1.82, 2.24) is 5.32 Å². The van der Waals surface area contributed by atoms with Gasteiger partial charge in [-0.2, -0.15) is 0 Å². The van der Waals surface area contributed by atoms with Crippen LogP contribution in [0.25, 0.3) is 0 Å². The highest BCUT2D eigenvalue weighted by atomic mass is 35.5. The molecule has 7 heteroatoms. The largest absolute Gasteiger partial charge is 0.400 e. The third-order valence-corrected chi connectivity index (χ3v) is 1.06. The van der Waals surface area contributed by atoms with E-state index < -0.39 is 0 Å². The molecule has 0 atom stereocenters. The Morgan fingerprint density at radius 3 is 2.29 bits per heavy atom. The lowest BCUT2D eigenvalue weighted by molar-refractivity contribution is 0.399. The van der Waals surface area contributed by atoms with E-state index in [1.807, 2.05) is 0 Å². The van der Waals surface area contributed by atoms with Crippen LogP contribution in [0.2, 0.25) is 0 Å². The maximum Gasteiger partial charge on any atom is 0.195 e. The van der Waals surface area contributed by atoms with E-state index in [-0.39, 0.29) is 24.3 Å². The fourth-order valence-electron chi connectivity index (χ4n) is 0.535. The molecule has 0 saturated carbocycles. The van der Waals surface area contributed by atoms with Gasteiger partial charge in [-0.15, -0.1) is 12.4 Å². The second-order valence-corrected chi connectivity index (χ2v) is 2.16. The molecule has 7 N–H and O–H groups in total. The van der Waals surface area contributed by atoms with Gasteiger partial charge in [-0.1, -0.05) is 13.3 Å². The smallest absolute Gasteiger partial charge is 0.195 e. The first kappa shape index (κ1) is 18.7. The van der Waals surface area contributed by atoms with E-state index in [0.29, 0.717) is 6.54 Å². The molecular weight excluding hydrogens is 206 g/mol. The zero-order valence-corrected chi connectivity index (χ0v) is 9.40. The van der Waals surface area contributed by atoms with Crippen LogP contribution in [-0.2, 0) is 0 Å². The van der Waals surface area contributed by atoms with Crippen LogP contribution in [0, 0.1) is 5.41 Å². The molecule has 0 aliphatic heterocycles. The summed E-state index contributed by atoms with van der Waals surface area (Å²) in [5, 5.41) is 16.2. The average molecular weight is 226 g/mol. The number of aliphatic hydroxyl groups is 1. The first-order valence-corrected chi connectivity index (χ1v) is 4.02. The summed E-state index contributed by atoms with van der Waals surface area (Å²) in [6.45, 7) is 2.76. The fraction of sp³-hybridized carbons (Fsp3) is 0.714. The van der Waals surface area contributed by atoms with Gasteiger partial charge in [-0.25, -0.2) is 0 Å². The summed E-state index contributed by atoms with van der Waals surface area (Å²) >= 11 is 0. The minimum Gasteiger partial charge on any atom is -0.400 e. The van der Waals surface area contributed by atoms with Crippen molar-refractivity contribution in [3.8, 4) is 0 Å². The van der Waals surface area contributed by atoms with E-state index in [2.05, 4.69) is 17.2 Å². The molecular formula is C7H20ClN5O.